The second-order valence-electron chi connectivity index (χ2n) is 8.50. The number of rotatable bonds is 8. The molecular weight excluding hydrogens is 462 g/mol. The largest absolute Gasteiger partial charge is 0.423 e. The number of carbonyl (C=O) groups excluding carboxylic acids is 2. The lowest BCUT2D eigenvalue weighted by atomic mass is 10.0. The Morgan fingerprint density at radius 2 is 1.11 bits per heavy atom. The number of carbonyl (C=O) groups is 2. The lowest BCUT2D eigenvalue weighted by Gasteiger charge is -2.26. The van der Waals surface area contributed by atoms with Crippen LogP contribution < -0.4 is 14.4 Å². The number of esters is 2. The Bertz CT molecular complexity index is 1370. The minimum Gasteiger partial charge on any atom is -0.423 e. The van der Waals surface area contributed by atoms with Crippen molar-refractivity contribution >= 4 is 29.0 Å². The molecule has 5 heteroatoms. The fraction of sp³-hybridized carbons (Fsp3) is 0.0625. The second kappa shape index (κ2) is 11.2. The molecule has 0 atom stereocenters. The van der Waals surface area contributed by atoms with E-state index in [-0.39, 0.29) is 11.5 Å². The number of anilines is 3. The van der Waals surface area contributed by atoms with Crippen LogP contribution in [0.15, 0.2) is 116 Å². The van der Waals surface area contributed by atoms with Gasteiger partial charge in [0.15, 0.2) is 0 Å². The zero-order valence-electron chi connectivity index (χ0n) is 20.8. The molecule has 0 aliphatic rings. The lowest BCUT2D eigenvalue weighted by Crippen LogP contribution is -2.10. The predicted molar refractivity (Wildman–Crippen MR) is 148 cm³/mol. The van der Waals surface area contributed by atoms with Gasteiger partial charge in [-0.3, -0.25) is 0 Å². The van der Waals surface area contributed by atoms with E-state index in [1.165, 1.54) is 17.2 Å². The van der Waals surface area contributed by atoms with Gasteiger partial charge in [0.1, 0.15) is 11.5 Å². The summed E-state index contributed by atoms with van der Waals surface area (Å²) >= 11 is 0. The number of hydrogen-bond donors (Lipinski definition) is 0. The summed E-state index contributed by atoms with van der Waals surface area (Å²) in [5.41, 5.74) is 6.86. The van der Waals surface area contributed by atoms with E-state index in [2.05, 4.69) is 80.4 Å². The Morgan fingerprint density at radius 1 is 0.622 bits per heavy atom. The van der Waals surface area contributed by atoms with Gasteiger partial charge < -0.3 is 14.4 Å². The van der Waals surface area contributed by atoms with Crippen molar-refractivity contribution in [2.24, 2.45) is 0 Å². The van der Waals surface area contributed by atoms with E-state index >= 15 is 0 Å². The van der Waals surface area contributed by atoms with Crippen molar-refractivity contribution in [2.45, 2.75) is 13.8 Å². The minimum absolute atomic E-state index is 0.230. The van der Waals surface area contributed by atoms with Crippen LogP contribution in [0, 0.1) is 13.8 Å². The average molecular weight is 490 g/mol. The molecule has 0 aliphatic heterocycles. The first kappa shape index (κ1) is 25.2. The molecule has 5 nitrogen and oxygen atoms in total. The van der Waals surface area contributed by atoms with Crippen molar-refractivity contribution < 1.29 is 19.1 Å². The topological polar surface area (TPSA) is 55.8 Å². The van der Waals surface area contributed by atoms with Crippen LogP contribution in [-0.2, 0) is 9.59 Å². The van der Waals surface area contributed by atoms with Crippen LogP contribution >= 0.6 is 0 Å². The summed E-state index contributed by atoms with van der Waals surface area (Å²) in [5.74, 6) is -0.768. The zero-order chi connectivity index (χ0) is 26.4. The maximum absolute atomic E-state index is 11.9. The van der Waals surface area contributed by atoms with E-state index in [1.54, 1.807) is 12.1 Å². The van der Waals surface area contributed by atoms with E-state index in [0.29, 0.717) is 5.56 Å². The molecule has 0 unspecified atom stereocenters. The first-order valence-electron chi connectivity index (χ1n) is 11.7. The molecule has 0 saturated carbocycles. The quantitative estimate of drug-likeness (QED) is 0.145. The molecule has 0 saturated heterocycles. The molecule has 37 heavy (non-hydrogen) atoms. The van der Waals surface area contributed by atoms with Crippen molar-refractivity contribution in [3.05, 3.63) is 127 Å². The molecule has 0 fully saturated rings. The van der Waals surface area contributed by atoms with Gasteiger partial charge in [0.05, 0.1) is 0 Å². The van der Waals surface area contributed by atoms with Gasteiger partial charge in [-0.15, -0.1) is 0 Å². The normalized spacial score (nSPS) is 10.3. The zero-order valence-corrected chi connectivity index (χ0v) is 20.8. The maximum Gasteiger partial charge on any atom is 0.335 e. The molecule has 0 N–H and O–H groups in total. The van der Waals surface area contributed by atoms with E-state index in [4.69, 9.17) is 9.47 Å². The molecule has 0 heterocycles. The highest BCUT2D eigenvalue weighted by atomic mass is 16.5. The Morgan fingerprint density at radius 3 is 1.57 bits per heavy atom. The van der Waals surface area contributed by atoms with Gasteiger partial charge in [-0.2, -0.15) is 0 Å². The lowest BCUT2D eigenvalue weighted by molar-refractivity contribution is -0.129. The van der Waals surface area contributed by atoms with E-state index in [1.807, 2.05) is 24.3 Å². The van der Waals surface area contributed by atoms with Gasteiger partial charge in [-0.1, -0.05) is 60.7 Å². The second-order valence-corrected chi connectivity index (χ2v) is 8.50. The molecule has 0 radical (unpaired) electrons. The van der Waals surface area contributed by atoms with Crippen LogP contribution in [0.5, 0.6) is 11.5 Å². The van der Waals surface area contributed by atoms with Crippen molar-refractivity contribution in [3.63, 3.8) is 0 Å². The minimum atomic E-state index is -0.614. The maximum atomic E-state index is 11.9. The first-order valence-corrected chi connectivity index (χ1v) is 11.7. The summed E-state index contributed by atoms with van der Waals surface area (Å²) in [6.45, 7) is 11.0. The summed E-state index contributed by atoms with van der Waals surface area (Å²) in [4.78, 5) is 25.9. The smallest absolute Gasteiger partial charge is 0.335 e. The number of aryl methyl sites for hydroxylation is 2. The third-order valence-corrected chi connectivity index (χ3v) is 5.67. The molecule has 0 spiro atoms. The standard InChI is InChI=1S/C32H27NO4/c1-5-31(34)36-29-19-25(20-30(21-29)37-32(35)6-2)24-8-7-9-28(18-24)33(26-14-10-22(3)11-15-26)27-16-12-23(4)13-17-27/h5-21H,1-2H2,3-4H3. The molecule has 4 aromatic rings. The number of hydrogen-bond acceptors (Lipinski definition) is 5. The number of ether oxygens (including phenoxy) is 2. The van der Waals surface area contributed by atoms with Gasteiger partial charge >= 0.3 is 11.9 Å². The van der Waals surface area contributed by atoms with Gasteiger partial charge in [0.25, 0.3) is 0 Å². The summed E-state index contributed by atoms with van der Waals surface area (Å²) in [6, 6.07) is 29.5. The third kappa shape index (κ3) is 6.21. The Kier molecular flexibility index (Phi) is 7.65. The Hall–Kier alpha value is -4.90. The molecule has 0 aromatic heterocycles. The van der Waals surface area contributed by atoms with Crippen LogP contribution in [0.1, 0.15) is 11.1 Å². The SMILES string of the molecule is C=CC(=O)Oc1cc(OC(=O)C=C)cc(-c2cccc(N(c3ccc(C)cc3)c3ccc(C)cc3)c2)c1. The first-order chi connectivity index (χ1) is 17.9. The fourth-order valence-corrected chi connectivity index (χ4v) is 3.83. The van der Waals surface area contributed by atoms with Crippen LogP contribution in [0.4, 0.5) is 17.1 Å². The van der Waals surface area contributed by atoms with E-state index in [9.17, 15) is 9.59 Å². The molecule has 4 rings (SSSR count). The average Bonchev–Trinajstić information content (AvgIpc) is 2.91. The summed E-state index contributed by atoms with van der Waals surface area (Å²) < 4.78 is 10.7. The van der Waals surface area contributed by atoms with Crippen molar-refractivity contribution in [3.8, 4) is 22.6 Å². The molecule has 184 valence electrons. The van der Waals surface area contributed by atoms with Crippen LogP contribution in [-0.4, -0.2) is 11.9 Å². The van der Waals surface area contributed by atoms with Crippen molar-refractivity contribution in [1.82, 2.24) is 0 Å². The van der Waals surface area contributed by atoms with Crippen LogP contribution in [0.2, 0.25) is 0 Å². The number of nitrogens with zero attached hydrogens (tertiary/aromatic N) is 1. The van der Waals surface area contributed by atoms with Gasteiger partial charge in [0.2, 0.25) is 0 Å². The Balaban J connectivity index is 1.82. The van der Waals surface area contributed by atoms with Gasteiger partial charge in [-0.05, 0) is 73.5 Å². The summed E-state index contributed by atoms with van der Waals surface area (Å²) in [5, 5.41) is 0. The van der Waals surface area contributed by atoms with E-state index < -0.39 is 11.9 Å². The van der Waals surface area contributed by atoms with Crippen molar-refractivity contribution in [2.75, 3.05) is 4.90 Å². The molecular formula is C32H27NO4. The highest BCUT2D eigenvalue weighted by molar-refractivity contribution is 5.86. The monoisotopic (exact) mass is 489 g/mol. The summed E-state index contributed by atoms with van der Waals surface area (Å²) in [7, 11) is 0. The van der Waals surface area contributed by atoms with E-state index in [0.717, 1.165) is 34.8 Å². The highest BCUT2D eigenvalue weighted by Gasteiger charge is 2.15. The van der Waals surface area contributed by atoms with Crippen molar-refractivity contribution in [1.29, 1.82) is 0 Å². The predicted octanol–water partition coefficient (Wildman–Crippen LogP) is 7.62. The number of benzene rings is 4. The summed E-state index contributed by atoms with van der Waals surface area (Å²) in [6.07, 6.45) is 2.15. The van der Waals surface area contributed by atoms with Gasteiger partial charge in [0, 0.05) is 35.3 Å². The molecule has 0 aliphatic carbocycles. The molecule has 0 amide bonds. The Labute approximate surface area is 216 Å². The fourth-order valence-electron chi connectivity index (χ4n) is 3.83. The molecule has 0 bridgehead atoms. The van der Waals surface area contributed by atoms with Crippen LogP contribution in [0.25, 0.3) is 11.1 Å². The van der Waals surface area contributed by atoms with Gasteiger partial charge in [-0.25, -0.2) is 9.59 Å². The van der Waals surface area contributed by atoms with Crippen LogP contribution in [0.3, 0.4) is 0 Å². The molecule has 4 aromatic carbocycles. The third-order valence-electron chi connectivity index (χ3n) is 5.67. The highest BCUT2D eigenvalue weighted by Crippen LogP contribution is 2.38.